The molecule has 0 aliphatic carbocycles. The van der Waals surface area contributed by atoms with Gasteiger partial charge in [0, 0.05) is 5.33 Å². The van der Waals surface area contributed by atoms with E-state index < -0.39 is 0 Å². The maximum Gasteiger partial charge on any atom is 0.00595 e. The van der Waals surface area contributed by atoms with E-state index in [1.54, 1.807) is 0 Å². The van der Waals surface area contributed by atoms with Crippen molar-refractivity contribution in [1.29, 1.82) is 0 Å². The molecule has 0 spiro atoms. The Hall–Kier alpha value is 0.480. The molecule has 2 unspecified atom stereocenters. The summed E-state index contributed by atoms with van der Waals surface area (Å²) in [7, 11) is 0. The van der Waals surface area contributed by atoms with Gasteiger partial charge in [-0.15, -0.1) is 0 Å². The second kappa shape index (κ2) is 4.49. The van der Waals surface area contributed by atoms with Gasteiger partial charge in [0.2, 0.25) is 0 Å². The highest BCUT2D eigenvalue weighted by molar-refractivity contribution is 9.09. The van der Waals surface area contributed by atoms with Crippen molar-refractivity contribution in [2.24, 2.45) is 17.3 Å². The summed E-state index contributed by atoms with van der Waals surface area (Å²) < 4.78 is 0. The number of rotatable bonds is 3. The molecule has 0 aromatic carbocycles. The number of halogens is 1. The van der Waals surface area contributed by atoms with E-state index in [0.29, 0.717) is 5.41 Å². The van der Waals surface area contributed by atoms with Gasteiger partial charge in [-0.25, -0.2) is 0 Å². The van der Waals surface area contributed by atoms with Crippen molar-refractivity contribution < 1.29 is 0 Å². The molecular formula is C10H21Br. The Kier molecular flexibility index (Phi) is 4.69. The minimum atomic E-state index is 0.482. The molecule has 0 bridgehead atoms. The highest BCUT2D eigenvalue weighted by Gasteiger charge is 2.18. The largest absolute Gasteiger partial charge is 0.0925 e. The monoisotopic (exact) mass is 220 g/mol. The molecule has 0 amide bonds. The second-order valence-electron chi connectivity index (χ2n) is 4.87. The molecule has 0 saturated heterocycles. The summed E-state index contributed by atoms with van der Waals surface area (Å²) in [5.41, 5.74) is 0.482. The highest BCUT2D eigenvalue weighted by Crippen LogP contribution is 2.28. The van der Waals surface area contributed by atoms with Gasteiger partial charge in [-0.05, 0) is 23.7 Å². The zero-order valence-electron chi connectivity index (χ0n) is 8.45. The van der Waals surface area contributed by atoms with Crippen LogP contribution in [0.4, 0.5) is 0 Å². The van der Waals surface area contributed by atoms with E-state index in [4.69, 9.17) is 0 Å². The maximum absolute atomic E-state index is 3.52. The fourth-order valence-corrected chi connectivity index (χ4v) is 1.96. The third-order valence-corrected chi connectivity index (χ3v) is 3.17. The first-order valence-electron chi connectivity index (χ1n) is 4.43. The predicted octanol–water partition coefficient (Wildman–Crippen LogP) is 4.09. The van der Waals surface area contributed by atoms with Crippen LogP contribution in [0.5, 0.6) is 0 Å². The number of hydrogen-bond donors (Lipinski definition) is 0. The Labute approximate surface area is 79.9 Å². The van der Waals surface area contributed by atoms with Crippen LogP contribution in [0.25, 0.3) is 0 Å². The summed E-state index contributed by atoms with van der Waals surface area (Å²) in [6.45, 7) is 11.6. The Morgan fingerprint density at radius 3 is 1.82 bits per heavy atom. The third-order valence-electron chi connectivity index (χ3n) is 2.15. The molecule has 0 saturated carbocycles. The van der Waals surface area contributed by atoms with Crippen LogP contribution in [0, 0.1) is 17.3 Å². The first-order valence-corrected chi connectivity index (χ1v) is 5.55. The lowest BCUT2D eigenvalue weighted by molar-refractivity contribution is 0.263. The zero-order chi connectivity index (χ0) is 9.07. The van der Waals surface area contributed by atoms with Gasteiger partial charge in [0.05, 0.1) is 0 Å². The number of alkyl halides is 1. The van der Waals surface area contributed by atoms with Crippen LogP contribution in [0.3, 0.4) is 0 Å². The van der Waals surface area contributed by atoms with E-state index in [0.717, 1.165) is 17.2 Å². The van der Waals surface area contributed by atoms with Gasteiger partial charge in [0.1, 0.15) is 0 Å². The average molecular weight is 221 g/mol. The van der Waals surface area contributed by atoms with Gasteiger partial charge >= 0.3 is 0 Å². The predicted molar refractivity (Wildman–Crippen MR) is 56.2 cm³/mol. The quantitative estimate of drug-likeness (QED) is 0.629. The lowest BCUT2D eigenvalue weighted by Crippen LogP contribution is -2.17. The molecule has 0 fully saturated rings. The molecule has 1 heteroatoms. The molecule has 0 aromatic heterocycles. The minimum Gasteiger partial charge on any atom is -0.0925 e. The first kappa shape index (κ1) is 11.5. The van der Waals surface area contributed by atoms with Crippen molar-refractivity contribution in [3.05, 3.63) is 0 Å². The molecule has 0 aliphatic heterocycles. The highest BCUT2D eigenvalue weighted by atomic mass is 79.9. The van der Waals surface area contributed by atoms with Crippen molar-refractivity contribution >= 4 is 15.9 Å². The topological polar surface area (TPSA) is 0 Å². The van der Waals surface area contributed by atoms with Gasteiger partial charge < -0.3 is 0 Å². The minimum absolute atomic E-state index is 0.482. The van der Waals surface area contributed by atoms with Crippen LogP contribution in [0.1, 0.15) is 41.0 Å². The fourth-order valence-electron chi connectivity index (χ4n) is 1.32. The van der Waals surface area contributed by atoms with E-state index in [1.807, 2.05) is 0 Å². The standard InChI is InChI=1S/C10H21Br/c1-8(9(2)7-11)6-10(3,4)5/h8-9H,6-7H2,1-5H3. The van der Waals surface area contributed by atoms with Crippen LogP contribution >= 0.6 is 15.9 Å². The lowest BCUT2D eigenvalue weighted by Gasteiger charge is -2.26. The molecule has 2 atom stereocenters. The molecule has 0 radical (unpaired) electrons. The Morgan fingerprint density at radius 1 is 1.09 bits per heavy atom. The SMILES string of the molecule is CC(CBr)C(C)CC(C)(C)C. The van der Waals surface area contributed by atoms with Crippen LogP contribution in [-0.2, 0) is 0 Å². The summed E-state index contributed by atoms with van der Waals surface area (Å²) >= 11 is 3.52. The molecular weight excluding hydrogens is 200 g/mol. The molecule has 0 N–H and O–H groups in total. The van der Waals surface area contributed by atoms with Crippen LogP contribution in [0.15, 0.2) is 0 Å². The summed E-state index contributed by atoms with van der Waals surface area (Å²) in [5, 5.41) is 1.13. The van der Waals surface area contributed by atoms with Crippen molar-refractivity contribution in [3.63, 3.8) is 0 Å². The van der Waals surface area contributed by atoms with Gasteiger partial charge in [-0.1, -0.05) is 50.5 Å². The normalized spacial score (nSPS) is 18.0. The van der Waals surface area contributed by atoms with Gasteiger partial charge in [0.15, 0.2) is 0 Å². The van der Waals surface area contributed by atoms with Crippen molar-refractivity contribution in [1.82, 2.24) is 0 Å². The van der Waals surface area contributed by atoms with E-state index >= 15 is 0 Å². The molecule has 0 aliphatic rings. The molecule has 0 aromatic rings. The maximum atomic E-state index is 3.52. The lowest BCUT2D eigenvalue weighted by atomic mass is 9.81. The Bertz CT molecular complexity index is 102. The summed E-state index contributed by atoms with van der Waals surface area (Å²) in [4.78, 5) is 0. The molecule has 0 rings (SSSR count). The molecule has 11 heavy (non-hydrogen) atoms. The van der Waals surface area contributed by atoms with E-state index in [1.165, 1.54) is 6.42 Å². The van der Waals surface area contributed by atoms with Crippen LogP contribution in [-0.4, -0.2) is 5.33 Å². The van der Waals surface area contributed by atoms with Gasteiger partial charge in [0.25, 0.3) is 0 Å². The number of hydrogen-bond acceptors (Lipinski definition) is 0. The second-order valence-corrected chi connectivity index (χ2v) is 5.52. The van der Waals surface area contributed by atoms with Crippen molar-refractivity contribution in [3.8, 4) is 0 Å². The van der Waals surface area contributed by atoms with Crippen molar-refractivity contribution in [2.75, 3.05) is 5.33 Å². The fraction of sp³-hybridized carbons (Fsp3) is 1.00. The smallest absolute Gasteiger partial charge is 0.00595 e. The van der Waals surface area contributed by atoms with E-state index in [9.17, 15) is 0 Å². The summed E-state index contributed by atoms with van der Waals surface area (Å²) in [6, 6.07) is 0. The summed E-state index contributed by atoms with van der Waals surface area (Å²) in [5.74, 6) is 1.63. The van der Waals surface area contributed by atoms with Crippen molar-refractivity contribution in [2.45, 2.75) is 41.0 Å². The van der Waals surface area contributed by atoms with Gasteiger partial charge in [-0.3, -0.25) is 0 Å². The summed E-state index contributed by atoms with van der Waals surface area (Å²) in [6.07, 6.45) is 1.32. The van der Waals surface area contributed by atoms with Crippen LogP contribution < -0.4 is 0 Å². The molecule has 0 heterocycles. The Morgan fingerprint density at radius 2 is 1.55 bits per heavy atom. The first-order chi connectivity index (χ1) is 4.87. The average Bonchev–Trinajstić information content (AvgIpc) is 1.82. The van der Waals surface area contributed by atoms with E-state index in [2.05, 4.69) is 50.5 Å². The van der Waals surface area contributed by atoms with E-state index in [-0.39, 0.29) is 0 Å². The molecule has 68 valence electrons. The van der Waals surface area contributed by atoms with Gasteiger partial charge in [-0.2, -0.15) is 0 Å². The molecule has 0 nitrogen and oxygen atoms in total. The Balaban J connectivity index is 3.77. The zero-order valence-corrected chi connectivity index (χ0v) is 10.0. The third kappa shape index (κ3) is 5.72. The van der Waals surface area contributed by atoms with Crippen LogP contribution in [0.2, 0.25) is 0 Å².